The molecule has 9 nitrogen and oxygen atoms in total. The van der Waals surface area contributed by atoms with Crippen molar-refractivity contribution >= 4 is 8.60 Å². The van der Waals surface area contributed by atoms with Crippen LogP contribution >= 0.6 is 8.60 Å². The molecule has 0 aromatic carbocycles. The van der Waals surface area contributed by atoms with Crippen LogP contribution in [-0.4, -0.2) is 94.6 Å². The van der Waals surface area contributed by atoms with Gasteiger partial charge in [0.05, 0.1) is 19.8 Å². The van der Waals surface area contributed by atoms with Gasteiger partial charge in [-0.05, 0) is 38.5 Å². The normalized spacial score (nSPS) is 11.6. The molecule has 0 aliphatic carbocycles. The summed E-state index contributed by atoms with van der Waals surface area (Å²) in [6.45, 7) is 5.19. The molecule has 3 N–H and O–H groups in total. The van der Waals surface area contributed by atoms with E-state index < -0.39 is 8.60 Å². The maximum atomic E-state index is 8.69. The van der Waals surface area contributed by atoms with E-state index in [0.29, 0.717) is 78.7 Å². The first-order valence-corrected chi connectivity index (χ1v) is 11.2. The Bertz CT molecular complexity index is 245. The van der Waals surface area contributed by atoms with Gasteiger partial charge in [0.1, 0.15) is 0 Å². The number of aliphatic hydroxyl groups is 3. The molecule has 0 fully saturated rings. The van der Waals surface area contributed by atoms with Gasteiger partial charge in [-0.2, -0.15) is 0 Å². The third-order valence-corrected chi connectivity index (χ3v) is 4.41. The van der Waals surface area contributed by atoms with Crippen molar-refractivity contribution in [3.63, 3.8) is 0 Å². The average molecular weight is 430 g/mol. The lowest BCUT2D eigenvalue weighted by atomic mass is 10.5. The van der Waals surface area contributed by atoms with E-state index in [1.54, 1.807) is 0 Å². The van der Waals surface area contributed by atoms with E-state index in [1.807, 2.05) is 0 Å². The van der Waals surface area contributed by atoms with E-state index in [4.69, 9.17) is 43.1 Å². The summed E-state index contributed by atoms with van der Waals surface area (Å²) in [5.41, 5.74) is 0. The summed E-state index contributed by atoms with van der Waals surface area (Å²) in [4.78, 5) is 0. The third-order valence-electron chi connectivity index (χ3n) is 3.23. The van der Waals surface area contributed by atoms with Crippen LogP contribution in [0.25, 0.3) is 0 Å². The SMILES string of the molecule is OCCCOCCCOP(OCCCOCCCO)OCCCOCCCO. The maximum Gasteiger partial charge on any atom is 0.332 e. The quantitative estimate of drug-likeness (QED) is 0.155. The number of hydrogen-bond acceptors (Lipinski definition) is 9. The van der Waals surface area contributed by atoms with Crippen molar-refractivity contribution in [2.75, 3.05) is 79.3 Å². The summed E-state index contributed by atoms with van der Waals surface area (Å²) in [5, 5.41) is 26.1. The van der Waals surface area contributed by atoms with E-state index in [2.05, 4.69) is 0 Å². The zero-order valence-electron chi connectivity index (χ0n) is 17.0. The first-order chi connectivity index (χ1) is 13.8. The molecule has 0 heterocycles. The van der Waals surface area contributed by atoms with Gasteiger partial charge < -0.3 is 43.1 Å². The fourth-order valence-electron chi connectivity index (χ4n) is 1.82. The molecule has 0 aromatic heterocycles. The van der Waals surface area contributed by atoms with Crippen LogP contribution in [0.2, 0.25) is 0 Å². The molecular formula is C18H39O9P. The number of aliphatic hydroxyl groups excluding tert-OH is 3. The molecule has 0 atom stereocenters. The van der Waals surface area contributed by atoms with Crippen LogP contribution in [0.3, 0.4) is 0 Å². The molecule has 0 bridgehead atoms. The van der Waals surface area contributed by atoms with Crippen LogP contribution in [0, 0.1) is 0 Å². The van der Waals surface area contributed by atoms with Gasteiger partial charge in [0.15, 0.2) is 0 Å². The Morgan fingerprint density at radius 1 is 0.393 bits per heavy atom. The molecule has 0 aliphatic heterocycles. The van der Waals surface area contributed by atoms with E-state index in [-0.39, 0.29) is 19.8 Å². The predicted molar refractivity (Wildman–Crippen MR) is 106 cm³/mol. The maximum absolute atomic E-state index is 8.69. The Kier molecular flexibility index (Phi) is 25.2. The smallest absolute Gasteiger partial charge is 0.332 e. The Morgan fingerprint density at radius 2 is 0.679 bits per heavy atom. The van der Waals surface area contributed by atoms with E-state index in [9.17, 15) is 0 Å². The molecule has 10 heteroatoms. The summed E-state index contributed by atoms with van der Waals surface area (Å²) >= 11 is 0. The topological polar surface area (TPSA) is 116 Å². The van der Waals surface area contributed by atoms with Crippen molar-refractivity contribution in [1.82, 2.24) is 0 Å². The second-order valence-electron chi connectivity index (χ2n) is 5.85. The highest BCUT2D eigenvalue weighted by Gasteiger charge is 2.12. The second-order valence-corrected chi connectivity index (χ2v) is 7.07. The lowest BCUT2D eigenvalue weighted by Crippen LogP contribution is -2.07. The number of hydrogen-bond donors (Lipinski definition) is 3. The van der Waals surface area contributed by atoms with Gasteiger partial charge in [-0.25, -0.2) is 0 Å². The first kappa shape index (κ1) is 28.1. The van der Waals surface area contributed by atoms with Crippen LogP contribution in [0.4, 0.5) is 0 Å². The minimum absolute atomic E-state index is 0.136. The standard InChI is InChI=1S/C18H39O9P/c19-7-1-10-22-13-4-16-25-28(26-17-5-14-23-11-2-8-20)27-18-6-15-24-12-3-9-21/h19-21H,1-18H2. The van der Waals surface area contributed by atoms with E-state index in [1.165, 1.54) is 0 Å². The zero-order chi connectivity index (χ0) is 20.5. The van der Waals surface area contributed by atoms with Crippen LogP contribution in [0.5, 0.6) is 0 Å². The van der Waals surface area contributed by atoms with Gasteiger partial charge in [0.2, 0.25) is 0 Å². The Morgan fingerprint density at radius 3 is 0.964 bits per heavy atom. The highest BCUT2D eigenvalue weighted by molar-refractivity contribution is 7.41. The monoisotopic (exact) mass is 430 g/mol. The van der Waals surface area contributed by atoms with Gasteiger partial charge in [-0.3, -0.25) is 0 Å². The first-order valence-electron chi connectivity index (χ1n) is 10.1. The molecule has 0 aromatic rings. The van der Waals surface area contributed by atoms with Crippen molar-refractivity contribution in [2.45, 2.75) is 38.5 Å². The summed E-state index contributed by atoms with van der Waals surface area (Å²) in [7, 11) is -1.43. The lowest BCUT2D eigenvalue weighted by Gasteiger charge is -2.17. The second kappa shape index (κ2) is 25.1. The molecule has 0 amide bonds. The molecule has 0 unspecified atom stereocenters. The molecule has 0 rings (SSSR count). The minimum Gasteiger partial charge on any atom is -0.396 e. The molecule has 0 saturated heterocycles. The van der Waals surface area contributed by atoms with Crippen LogP contribution in [0.1, 0.15) is 38.5 Å². The van der Waals surface area contributed by atoms with Crippen molar-refractivity contribution in [3.8, 4) is 0 Å². The van der Waals surface area contributed by atoms with Crippen LogP contribution in [0.15, 0.2) is 0 Å². The van der Waals surface area contributed by atoms with Gasteiger partial charge in [-0.1, -0.05) is 0 Å². The molecule has 0 aliphatic rings. The van der Waals surface area contributed by atoms with Crippen molar-refractivity contribution in [3.05, 3.63) is 0 Å². The van der Waals surface area contributed by atoms with Crippen LogP contribution in [-0.2, 0) is 27.8 Å². The number of ether oxygens (including phenoxy) is 3. The molecule has 170 valence electrons. The highest BCUT2D eigenvalue weighted by atomic mass is 31.2. The van der Waals surface area contributed by atoms with E-state index in [0.717, 1.165) is 19.3 Å². The third kappa shape index (κ3) is 22.4. The zero-order valence-corrected chi connectivity index (χ0v) is 17.9. The van der Waals surface area contributed by atoms with Crippen LogP contribution < -0.4 is 0 Å². The largest absolute Gasteiger partial charge is 0.396 e. The van der Waals surface area contributed by atoms with Gasteiger partial charge in [0.25, 0.3) is 0 Å². The predicted octanol–water partition coefficient (Wildman–Crippen LogP) is 1.63. The molecule has 0 spiro atoms. The lowest BCUT2D eigenvalue weighted by molar-refractivity contribution is 0.0821. The van der Waals surface area contributed by atoms with Crippen molar-refractivity contribution < 1.29 is 43.1 Å². The average Bonchev–Trinajstić information content (AvgIpc) is 2.71. The molecule has 28 heavy (non-hydrogen) atoms. The Balaban J connectivity index is 3.80. The number of rotatable bonds is 24. The molecule has 0 saturated carbocycles. The Hall–Kier alpha value is 0.0700. The molecule has 0 radical (unpaired) electrons. The summed E-state index contributed by atoms with van der Waals surface area (Å²) in [6.07, 6.45) is 4.10. The van der Waals surface area contributed by atoms with Gasteiger partial charge in [0, 0.05) is 59.5 Å². The van der Waals surface area contributed by atoms with Gasteiger partial charge in [-0.15, -0.1) is 0 Å². The molecular weight excluding hydrogens is 391 g/mol. The fraction of sp³-hybridized carbons (Fsp3) is 1.00. The van der Waals surface area contributed by atoms with E-state index >= 15 is 0 Å². The summed E-state index contributed by atoms with van der Waals surface area (Å²) in [6, 6.07) is 0. The van der Waals surface area contributed by atoms with Crippen molar-refractivity contribution in [1.29, 1.82) is 0 Å². The fourth-order valence-corrected chi connectivity index (χ4v) is 2.88. The minimum atomic E-state index is -1.43. The summed E-state index contributed by atoms with van der Waals surface area (Å²) < 4.78 is 33.1. The Labute approximate surface area is 170 Å². The van der Waals surface area contributed by atoms with Crippen molar-refractivity contribution in [2.24, 2.45) is 0 Å². The highest BCUT2D eigenvalue weighted by Crippen LogP contribution is 2.39. The summed E-state index contributed by atoms with van der Waals surface area (Å²) in [5.74, 6) is 0. The van der Waals surface area contributed by atoms with Gasteiger partial charge >= 0.3 is 8.60 Å².